The zero-order chi connectivity index (χ0) is 17.5. The van der Waals surface area contributed by atoms with E-state index in [1.165, 1.54) is 12.1 Å². The fourth-order valence-corrected chi connectivity index (χ4v) is 2.11. The van der Waals surface area contributed by atoms with Crippen LogP contribution in [0.1, 0.15) is 30.6 Å². The number of hydrogen-bond acceptors (Lipinski definition) is 3. The van der Waals surface area contributed by atoms with E-state index >= 15 is 0 Å². The third kappa shape index (κ3) is 5.19. The number of ketones is 1. The van der Waals surface area contributed by atoms with Gasteiger partial charge in [0.25, 0.3) is 0 Å². The van der Waals surface area contributed by atoms with Gasteiger partial charge in [0, 0.05) is 17.7 Å². The Morgan fingerprint density at radius 2 is 1.75 bits per heavy atom. The Balaban J connectivity index is 1.91. The number of carbonyl (C=O) groups is 2. The van der Waals surface area contributed by atoms with Crippen LogP contribution < -0.4 is 10.1 Å². The molecular formula is C19H20FNO3. The molecule has 0 saturated heterocycles. The summed E-state index contributed by atoms with van der Waals surface area (Å²) in [6.07, 6.45) is 0.442. The zero-order valence-electron chi connectivity index (χ0n) is 13.7. The second kappa shape index (κ2) is 8.24. The predicted molar refractivity (Wildman–Crippen MR) is 90.8 cm³/mol. The number of hydrogen-bond donors (Lipinski definition) is 1. The van der Waals surface area contributed by atoms with E-state index in [1.807, 2.05) is 13.8 Å². The van der Waals surface area contributed by atoms with Crippen LogP contribution in [0.5, 0.6) is 5.75 Å². The third-order valence-corrected chi connectivity index (χ3v) is 3.28. The standard InChI is InChI=1S/C19H20FNO3/c1-13(2)11-19(23)21-15-9-7-14(8-10-15)17(22)12-24-18-6-4-3-5-16(18)20/h3-10,13H,11-12H2,1-2H3,(H,21,23). The minimum Gasteiger partial charge on any atom is -0.482 e. The highest BCUT2D eigenvalue weighted by Crippen LogP contribution is 2.16. The molecule has 4 nitrogen and oxygen atoms in total. The summed E-state index contributed by atoms with van der Waals surface area (Å²) in [5, 5.41) is 2.77. The average Bonchev–Trinajstić information content (AvgIpc) is 2.53. The number of ether oxygens (including phenoxy) is 1. The Morgan fingerprint density at radius 1 is 1.08 bits per heavy atom. The van der Waals surface area contributed by atoms with Crippen molar-refractivity contribution in [2.75, 3.05) is 11.9 Å². The van der Waals surface area contributed by atoms with E-state index < -0.39 is 5.82 Å². The lowest BCUT2D eigenvalue weighted by atomic mass is 10.1. The molecule has 1 N–H and O–H groups in total. The van der Waals surface area contributed by atoms with E-state index in [1.54, 1.807) is 36.4 Å². The number of halogens is 1. The van der Waals surface area contributed by atoms with Crippen molar-refractivity contribution in [1.82, 2.24) is 0 Å². The van der Waals surface area contributed by atoms with Crippen LogP contribution in [-0.2, 0) is 4.79 Å². The fourth-order valence-electron chi connectivity index (χ4n) is 2.11. The van der Waals surface area contributed by atoms with Gasteiger partial charge in [-0.1, -0.05) is 26.0 Å². The van der Waals surface area contributed by atoms with Crippen molar-refractivity contribution in [3.8, 4) is 5.75 Å². The molecule has 0 aliphatic heterocycles. The lowest BCUT2D eigenvalue weighted by Crippen LogP contribution is -2.14. The molecule has 0 unspecified atom stereocenters. The van der Waals surface area contributed by atoms with Crippen molar-refractivity contribution in [2.45, 2.75) is 20.3 Å². The highest BCUT2D eigenvalue weighted by molar-refractivity contribution is 5.98. The maximum atomic E-state index is 13.4. The van der Waals surface area contributed by atoms with Gasteiger partial charge < -0.3 is 10.1 Å². The number of benzene rings is 2. The quantitative estimate of drug-likeness (QED) is 0.779. The molecule has 0 atom stereocenters. The molecule has 0 aliphatic carbocycles. The summed E-state index contributed by atoms with van der Waals surface area (Å²) in [5.74, 6) is -0.511. The van der Waals surface area contributed by atoms with E-state index in [0.29, 0.717) is 17.7 Å². The van der Waals surface area contributed by atoms with Gasteiger partial charge in [-0.15, -0.1) is 0 Å². The maximum Gasteiger partial charge on any atom is 0.224 e. The van der Waals surface area contributed by atoms with Gasteiger partial charge in [-0.2, -0.15) is 0 Å². The van der Waals surface area contributed by atoms with E-state index in [4.69, 9.17) is 4.74 Å². The molecule has 1 amide bonds. The molecule has 0 aliphatic rings. The summed E-state index contributed by atoms with van der Waals surface area (Å²) in [5.41, 5.74) is 1.07. The van der Waals surface area contributed by atoms with Crippen LogP contribution in [0.2, 0.25) is 0 Å². The molecule has 0 heterocycles. The van der Waals surface area contributed by atoms with Crippen LogP contribution in [0.3, 0.4) is 0 Å². The van der Waals surface area contributed by atoms with Gasteiger partial charge in [0.2, 0.25) is 5.91 Å². The first-order valence-corrected chi connectivity index (χ1v) is 7.76. The normalized spacial score (nSPS) is 10.5. The molecule has 0 saturated carbocycles. The largest absolute Gasteiger partial charge is 0.482 e. The average molecular weight is 329 g/mol. The maximum absolute atomic E-state index is 13.4. The highest BCUT2D eigenvalue weighted by Gasteiger charge is 2.10. The minimum atomic E-state index is -0.506. The Bertz CT molecular complexity index is 711. The number of anilines is 1. The summed E-state index contributed by atoms with van der Waals surface area (Å²) in [6, 6.07) is 12.5. The number of carbonyl (C=O) groups excluding carboxylic acids is 2. The lowest BCUT2D eigenvalue weighted by molar-refractivity contribution is -0.116. The van der Waals surface area contributed by atoms with Crippen molar-refractivity contribution in [3.05, 3.63) is 59.9 Å². The molecule has 2 aromatic rings. The zero-order valence-corrected chi connectivity index (χ0v) is 13.7. The number of Topliss-reactive ketones (excluding diaryl/α,β-unsaturated/α-hetero) is 1. The number of para-hydroxylation sites is 1. The second-order valence-electron chi connectivity index (χ2n) is 5.87. The van der Waals surface area contributed by atoms with Gasteiger partial charge >= 0.3 is 0 Å². The molecule has 126 valence electrons. The first kappa shape index (κ1) is 17.7. The molecule has 2 aromatic carbocycles. The third-order valence-electron chi connectivity index (χ3n) is 3.28. The first-order valence-electron chi connectivity index (χ1n) is 7.76. The van der Waals surface area contributed by atoms with Crippen LogP contribution in [0.15, 0.2) is 48.5 Å². The van der Waals surface area contributed by atoms with Gasteiger partial charge in [0.05, 0.1) is 0 Å². The van der Waals surface area contributed by atoms with Crippen molar-refractivity contribution < 1.29 is 18.7 Å². The fraction of sp³-hybridized carbons (Fsp3) is 0.263. The number of nitrogens with one attached hydrogen (secondary N) is 1. The minimum absolute atomic E-state index is 0.0448. The molecule has 0 fully saturated rings. The van der Waals surface area contributed by atoms with E-state index in [0.717, 1.165) is 0 Å². The van der Waals surface area contributed by atoms with Crippen molar-refractivity contribution in [1.29, 1.82) is 0 Å². The van der Waals surface area contributed by atoms with Crippen molar-refractivity contribution >= 4 is 17.4 Å². The molecule has 24 heavy (non-hydrogen) atoms. The van der Waals surface area contributed by atoms with Crippen molar-refractivity contribution in [3.63, 3.8) is 0 Å². The Labute approximate surface area is 140 Å². The summed E-state index contributed by atoms with van der Waals surface area (Å²) >= 11 is 0. The Hall–Kier alpha value is -2.69. The summed E-state index contributed by atoms with van der Waals surface area (Å²) in [7, 11) is 0. The Morgan fingerprint density at radius 3 is 2.38 bits per heavy atom. The van der Waals surface area contributed by atoms with Crippen LogP contribution in [0.25, 0.3) is 0 Å². The van der Waals surface area contributed by atoms with Crippen LogP contribution >= 0.6 is 0 Å². The molecule has 2 rings (SSSR count). The van der Waals surface area contributed by atoms with Gasteiger partial charge in [-0.05, 0) is 42.3 Å². The van der Waals surface area contributed by atoms with E-state index in [-0.39, 0.29) is 30.0 Å². The molecule has 0 radical (unpaired) electrons. The number of amides is 1. The van der Waals surface area contributed by atoms with Crippen LogP contribution in [0, 0.1) is 11.7 Å². The number of rotatable bonds is 7. The summed E-state index contributed by atoms with van der Waals surface area (Å²) in [4.78, 5) is 23.8. The van der Waals surface area contributed by atoms with Gasteiger partial charge in [-0.25, -0.2) is 4.39 Å². The van der Waals surface area contributed by atoms with Gasteiger partial charge in [-0.3, -0.25) is 9.59 Å². The molecule has 0 spiro atoms. The SMILES string of the molecule is CC(C)CC(=O)Nc1ccc(C(=O)COc2ccccc2F)cc1. The molecule has 5 heteroatoms. The smallest absolute Gasteiger partial charge is 0.224 e. The van der Waals surface area contributed by atoms with Gasteiger partial charge in [0.15, 0.2) is 24.0 Å². The second-order valence-corrected chi connectivity index (χ2v) is 5.87. The predicted octanol–water partition coefficient (Wildman–Crippen LogP) is 4.07. The molecule has 0 bridgehead atoms. The summed E-state index contributed by atoms with van der Waals surface area (Å²) < 4.78 is 18.6. The van der Waals surface area contributed by atoms with E-state index in [9.17, 15) is 14.0 Å². The Kier molecular flexibility index (Phi) is 6.07. The summed E-state index contributed by atoms with van der Waals surface area (Å²) in [6.45, 7) is 3.69. The molecular weight excluding hydrogens is 309 g/mol. The topological polar surface area (TPSA) is 55.4 Å². The lowest BCUT2D eigenvalue weighted by Gasteiger charge is -2.09. The first-order chi connectivity index (χ1) is 11.5. The van der Waals surface area contributed by atoms with Gasteiger partial charge in [0.1, 0.15) is 0 Å². The van der Waals surface area contributed by atoms with Crippen LogP contribution in [0.4, 0.5) is 10.1 Å². The van der Waals surface area contributed by atoms with E-state index in [2.05, 4.69) is 5.32 Å². The van der Waals surface area contributed by atoms with Crippen molar-refractivity contribution in [2.24, 2.45) is 5.92 Å². The molecule has 0 aromatic heterocycles. The highest BCUT2D eigenvalue weighted by atomic mass is 19.1. The monoisotopic (exact) mass is 329 g/mol. The van der Waals surface area contributed by atoms with Crippen LogP contribution in [-0.4, -0.2) is 18.3 Å².